The van der Waals surface area contributed by atoms with Crippen molar-refractivity contribution in [3.8, 4) is 0 Å². The monoisotopic (exact) mass is 369 g/mol. The second-order valence-electron chi connectivity index (χ2n) is 4.39. The van der Waals surface area contributed by atoms with Crippen molar-refractivity contribution in [2.45, 2.75) is 37.4 Å². The van der Waals surface area contributed by atoms with E-state index in [2.05, 4.69) is 15.9 Å². The summed E-state index contributed by atoms with van der Waals surface area (Å²) in [6.45, 7) is 6.57. The van der Waals surface area contributed by atoms with Gasteiger partial charge in [-0.05, 0) is 47.8 Å². The Kier molecular flexibility index (Phi) is 6.46. The molecule has 0 saturated heterocycles. The Balaban J connectivity index is 3.11. The van der Waals surface area contributed by atoms with Gasteiger partial charge in [0, 0.05) is 19.7 Å². The van der Waals surface area contributed by atoms with Crippen molar-refractivity contribution in [2.24, 2.45) is 0 Å². The van der Waals surface area contributed by atoms with Crippen LogP contribution in [0.25, 0.3) is 0 Å². The lowest BCUT2D eigenvalue weighted by molar-refractivity contribution is 0.167. The Labute approximate surface area is 127 Å². The molecule has 0 N–H and O–H groups in total. The Hall–Kier alpha value is 0.0500. The van der Waals surface area contributed by atoms with E-state index in [1.165, 1.54) is 15.6 Å². The first-order valence-corrected chi connectivity index (χ1v) is 9.16. The summed E-state index contributed by atoms with van der Waals surface area (Å²) in [7, 11) is -1.87. The lowest BCUT2D eigenvalue weighted by Crippen LogP contribution is -2.40. The maximum atomic E-state index is 12.7. The zero-order valence-corrected chi connectivity index (χ0v) is 14.9. The molecule has 0 fully saturated rings. The molecule has 1 unspecified atom stereocenters. The van der Waals surface area contributed by atoms with Gasteiger partial charge in [0.2, 0.25) is 0 Å². The largest absolute Gasteiger partial charge is 0.383 e. The lowest BCUT2D eigenvalue weighted by atomic mass is 10.3. The number of thiophene rings is 1. The highest BCUT2D eigenvalue weighted by Gasteiger charge is 2.29. The highest BCUT2D eigenvalue weighted by atomic mass is 79.9. The fraction of sp³-hybridized carbons (Fsp3) is 0.667. The molecule has 0 saturated carbocycles. The molecule has 110 valence electrons. The van der Waals surface area contributed by atoms with Crippen LogP contribution in [0.15, 0.2) is 14.1 Å². The maximum absolute atomic E-state index is 12.7. The number of hydrogen-bond donors (Lipinski definition) is 0. The van der Waals surface area contributed by atoms with Crippen LogP contribution in [0.2, 0.25) is 0 Å². The summed E-state index contributed by atoms with van der Waals surface area (Å²) in [4.78, 5) is 0. The Morgan fingerprint density at radius 1 is 1.53 bits per heavy atom. The lowest BCUT2D eigenvalue weighted by Gasteiger charge is -2.26. The van der Waals surface area contributed by atoms with E-state index in [0.29, 0.717) is 17.4 Å². The predicted octanol–water partition coefficient (Wildman–Crippen LogP) is 3.25. The van der Waals surface area contributed by atoms with E-state index in [4.69, 9.17) is 4.74 Å². The second kappa shape index (κ2) is 7.17. The molecular formula is C12H20BrNO3S2. The maximum Gasteiger partial charge on any atom is 0.252 e. The highest BCUT2D eigenvalue weighted by Crippen LogP contribution is 2.33. The Bertz CT molecular complexity index is 494. The first-order chi connectivity index (χ1) is 8.84. The Morgan fingerprint density at radius 2 is 2.16 bits per heavy atom. The predicted molar refractivity (Wildman–Crippen MR) is 82.3 cm³/mol. The normalized spacial score (nSPS) is 14.0. The van der Waals surface area contributed by atoms with E-state index in [1.807, 2.05) is 20.8 Å². The van der Waals surface area contributed by atoms with Gasteiger partial charge in [0.25, 0.3) is 10.0 Å². The summed E-state index contributed by atoms with van der Waals surface area (Å²) in [6, 6.07) is 1.67. The van der Waals surface area contributed by atoms with Crippen molar-refractivity contribution in [2.75, 3.05) is 20.3 Å². The van der Waals surface area contributed by atoms with Crippen LogP contribution in [0.3, 0.4) is 0 Å². The molecule has 7 heteroatoms. The number of methoxy groups -OCH3 is 1. The number of aryl methyl sites for hydroxylation is 1. The molecule has 4 nitrogen and oxygen atoms in total. The van der Waals surface area contributed by atoms with E-state index in [9.17, 15) is 8.42 Å². The molecule has 19 heavy (non-hydrogen) atoms. The van der Waals surface area contributed by atoms with E-state index >= 15 is 0 Å². The van der Waals surface area contributed by atoms with Gasteiger partial charge in [-0.25, -0.2) is 8.42 Å². The van der Waals surface area contributed by atoms with Crippen LogP contribution in [0.1, 0.15) is 25.8 Å². The third-order valence-corrected chi connectivity index (χ3v) is 7.60. The SMILES string of the molecule is CCC(C)N(CCOC)S(=O)(=O)c1cc(C)c(Br)s1. The number of nitrogens with zero attached hydrogens (tertiary/aromatic N) is 1. The molecule has 0 amide bonds. The number of hydrogen-bond acceptors (Lipinski definition) is 4. The fourth-order valence-corrected chi connectivity index (χ4v) is 5.68. The fourth-order valence-electron chi connectivity index (χ4n) is 1.64. The van der Waals surface area contributed by atoms with E-state index in [-0.39, 0.29) is 6.04 Å². The molecule has 0 spiro atoms. The number of halogens is 1. The molecule has 1 rings (SSSR count). The van der Waals surface area contributed by atoms with Gasteiger partial charge >= 0.3 is 0 Å². The molecule has 0 aromatic carbocycles. The molecule has 1 aromatic rings. The zero-order chi connectivity index (χ0) is 14.6. The number of rotatable bonds is 7. The van der Waals surface area contributed by atoms with Crippen LogP contribution in [0.5, 0.6) is 0 Å². The number of sulfonamides is 1. The summed E-state index contributed by atoms with van der Waals surface area (Å²) in [5.74, 6) is 0. The zero-order valence-electron chi connectivity index (χ0n) is 11.6. The minimum atomic E-state index is -3.44. The van der Waals surface area contributed by atoms with Gasteiger partial charge in [0.15, 0.2) is 0 Å². The third-order valence-electron chi connectivity index (χ3n) is 3.00. The van der Waals surface area contributed by atoms with Gasteiger partial charge in [-0.2, -0.15) is 4.31 Å². The van der Waals surface area contributed by atoms with Gasteiger partial charge in [0.05, 0.1) is 10.4 Å². The van der Waals surface area contributed by atoms with Crippen LogP contribution in [0, 0.1) is 6.92 Å². The molecule has 1 atom stereocenters. The second-order valence-corrected chi connectivity index (χ2v) is 8.88. The van der Waals surface area contributed by atoms with Crippen molar-refractivity contribution < 1.29 is 13.2 Å². The van der Waals surface area contributed by atoms with Crippen molar-refractivity contribution in [3.05, 3.63) is 15.4 Å². The highest BCUT2D eigenvalue weighted by molar-refractivity contribution is 9.11. The summed E-state index contributed by atoms with van der Waals surface area (Å²) in [5.41, 5.74) is 0.944. The van der Waals surface area contributed by atoms with E-state index in [0.717, 1.165) is 15.8 Å². The van der Waals surface area contributed by atoms with Gasteiger partial charge in [-0.1, -0.05) is 6.92 Å². The standard InChI is InChI=1S/C12H20BrNO3S2/c1-5-10(3)14(6-7-17-4)19(15,16)11-8-9(2)12(13)18-11/h8,10H,5-7H2,1-4H3. The molecule has 0 radical (unpaired) electrons. The summed E-state index contributed by atoms with van der Waals surface area (Å²) < 4.78 is 33.1. The molecule has 1 heterocycles. The van der Waals surface area contributed by atoms with E-state index in [1.54, 1.807) is 13.2 Å². The average Bonchev–Trinajstić information content (AvgIpc) is 2.70. The van der Waals surface area contributed by atoms with Crippen LogP contribution < -0.4 is 0 Å². The van der Waals surface area contributed by atoms with Gasteiger partial charge < -0.3 is 4.74 Å². The molecule has 0 aliphatic carbocycles. The minimum Gasteiger partial charge on any atom is -0.383 e. The van der Waals surface area contributed by atoms with Crippen LogP contribution in [-0.4, -0.2) is 39.0 Å². The average molecular weight is 370 g/mol. The summed E-state index contributed by atoms with van der Waals surface area (Å²) >= 11 is 4.63. The van der Waals surface area contributed by atoms with Crippen molar-refractivity contribution in [1.29, 1.82) is 0 Å². The third kappa shape index (κ3) is 4.01. The first kappa shape index (κ1) is 17.1. The number of ether oxygens (including phenoxy) is 1. The topological polar surface area (TPSA) is 46.6 Å². The van der Waals surface area contributed by atoms with Gasteiger partial charge in [-0.15, -0.1) is 11.3 Å². The molecule has 0 aliphatic rings. The van der Waals surface area contributed by atoms with Crippen molar-refractivity contribution >= 4 is 37.3 Å². The van der Waals surface area contributed by atoms with Crippen molar-refractivity contribution in [1.82, 2.24) is 4.31 Å². The van der Waals surface area contributed by atoms with Crippen LogP contribution in [-0.2, 0) is 14.8 Å². The summed E-state index contributed by atoms with van der Waals surface area (Å²) in [6.07, 6.45) is 0.772. The minimum absolute atomic E-state index is 0.0404. The smallest absolute Gasteiger partial charge is 0.252 e. The molecule has 0 bridgehead atoms. The van der Waals surface area contributed by atoms with Gasteiger partial charge in [-0.3, -0.25) is 0 Å². The van der Waals surface area contributed by atoms with E-state index < -0.39 is 10.0 Å². The molecular weight excluding hydrogens is 350 g/mol. The first-order valence-electron chi connectivity index (χ1n) is 6.11. The molecule has 1 aromatic heterocycles. The Morgan fingerprint density at radius 3 is 2.58 bits per heavy atom. The quantitative estimate of drug-likeness (QED) is 0.740. The summed E-state index contributed by atoms with van der Waals surface area (Å²) in [5, 5.41) is 0. The molecule has 0 aliphatic heterocycles. The van der Waals surface area contributed by atoms with Gasteiger partial charge in [0.1, 0.15) is 4.21 Å². The van der Waals surface area contributed by atoms with Crippen molar-refractivity contribution in [3.63, 3.8) is 0 Å². The van der Waals surface area contributed by atoms with Crippen LogP contribution >= 0.6 is 27.3 Å². The van der Waals surface area contributed by atoms with Crippen LogP contribution in [0.4, 0.5) is 0 Å².